The van der Waals surface area contributed by atoms with Crippen LogP contribution in [0.15, 0.2) is 0 Å². The molecule has 0 aromatic carbocycles. The normalized spacial score (nSPS) is 10.1. The summed E-state index contributed by atoms with van der Waals surface area (Å²) in [5.74, 6) is -2.01. The molecule has 10 nitrogen and oxygen atoms in total. The van der Waals surface area contributed by atoms with Crippen molar-refractivity contribution in [2.45, 2.75) is 33.2 Å². The van der Waals surface area contributed by atoms with Gasteiger partial charge in [-0.1, -0.05) is 20.8 Å². The number of hydrogen-bond acceptors (Lipinski definition) is 6. The summed E-state index contributed by atoms with van der Waals surface area (Å²) in [5.41, 5.74) is 0. The summed E-state index contributed by atoms with van der Waals surface area (Å²) < 4.78 is 0. The minimum absolute atomic E-state index is 0.0761. The van der Waals surface area contributed by atoms with E-state index in [0.29, 0.717) is 6.42 Å². The molecule has 0 aromatic heterocycles. The first-order chi connectivity index (χ1) is 11.7. The van der Waals surface area contributed by atoms with Gasteiger partial charge in [-0.3, -0.25) is 24.0 Å². The van der Waals surface area contributed by atoms with Crippen molar-refractivity contribution in [1.29, 1.82) is 0 Å². The molecule has 0 aliphatic heterocycles. The van der Waals surface area contributed by atoms with Gasteiger partial charge in [0.15, 0.2) is 5.78 Å². The minimum Gasteiger partial charge on any atom is -0.347 e. The molecule has 0 saturated carbocycles. The summed E-state index contributed by atoms with van der Waals surface area (Å²) in [6.07, 6.45) is 0.322. The van der Waals surface area contributed by atoms with Crippen LogP contribution in [-0.2, 0) is 24.0 Å². The van der Waals surface area contributed by atoms with Gasteiger partial charge in [0.1, 0.15) is 0 Å². The molecule has 0 spiro atoms. The van der Waals surface area contributed by atoms with E-state index in [2.05, 4.69) is 26.6 Å². The van der Waals surface area contributed by atoms with Gasteiger partial charge in [-0.25, -0.2) is 0 Å². The van der Waals surface area contributed by atoms with Crippen molar-refractivity contribution >= 4 is 29.4 Å². The molecular weight excluding hydrogens is 330 g/mol. The van der Waals surface area contributed by atoms with Crippen LogP contribution in [0.2, 0.25) is 0 Å². The zero-order valence-electron chi connectivity index (χ0n) is 14.9. The molecule has 0 aromatic rings. The zero-order chi connectivity index (χ0) is 19.2. The monoisotopic (exact) mass is 357 g/mol. The summed E-state index contributed by atoms with van der Waals surface area (Å²) >= 11 is 0. The highest BCUT2D eigenvalue weighted by Gasteiger charge is 2.09. The molecule has 4 amide bonds. The number of hydrogen-bond donors (Lipinski definition) is 5. The number of Topliss-reactive ketones (excluding diaryl/α,β-unsaturated/α-hetero) is 1. The molecule has 25 heavy (non-hydrogen) atoms. The number of ketones is 1. The van der Waals surface area contributed by atoms with Gasteiger partial charge in [0.05, 0.1) is 32.7 Å². The molecule has 0 radical (unpaired) electrons. The molecule has 5 N–H and O–H groups in total. The van der Waals surface area contributed by atoms with Crippen LogP contribution in [0.1, 0.15) is 27.2 Å². The number of amides is 4. The Hall–Kier alpha value is -2.49. The van der Waals surface area contributed by atoms with Crippen molar-refractivity contribution in [2.24, 2.45) is 0 Å². The third-order valence-electron chi connectivity index (χ3n) is 2.89. The fraction of sp³-hybridized carbons (Fsp3) is 0.667. The fourth-order valence-electron chi connectivity index (χ4n) is 1.41. The van der Waals surface area contributed by atoms with E-state index in [1.54, 1.807) is 6.92 Å². The smallest absolute Gasteiger partial charge is 0.239 e. The molecule has 0 atom stereocenters. The second kappa shape index (κ2) is 12.9. The van der Waals surface area contributed by atoms with Crippen LogP contribution in [0.3, 0.4) is 0 Å². The van der Waals surface area contributed by atoms with Gasteiger partial charge in [0.2, 0.25) is 23.6 Å². The SMILES string of the molecule is CCC(=O)CNC(=O)CNC(=O)CNC(=O)CNC(=O)CNC(C)C. The lowest BCUT2D eigenvalue weighted by molar-refractivity contribution is -0.128. The molecule has 0 bridgehead atoms. The number of rotatable bonds is 12. The van der Waals surface area contributed by atoms with Gasteiger partial charge in [-0.2, -0.15) is 0 Å². The van der Waals surface area contributed by atoms with Crippen molar-refractivity contribution in [1.82, 2.24) is 26.6 Å². The standard InChI is InChI=1S/C15H27N5O5/c1-4-11(21)5-17-13(23)7-19-15(25)9-20-14(24)8-18-12(22)6-16-10(2)3/h10,16H,4-9H2,1-3H3,(H,17,23)(H,18,22)(H,19,25)(H,20,24). The summed E-state index contributed by atoms with van der Waals surface area (Å²) in [6, 6.07) is 0.153. The molecule has 0 aliphatic carbocycles. The average molecular weight is 357 g/mol. The second-order valence-corrected chi connectivity index (χ2v) is 5.53. The Morgan fingerprint density at radius 2 is 1.00 bits per heavy atom. The van der Waals surface area contributed by atoms with Crippen LogP contribution in [0.25, 0.3) is 0 Å². The number of carbonyl (C=O) groups excluding carboxylic acids is 5. The molecule has 0 aliphatic rings. The van der Waals surface area contributed by atoms with E-state index in [0.717, 1.165) is 0 Å². The quantitative estimate of drug-likeness (QED) is 0.259. The predicted molar refractivity (Wildman–Crippen MR) is 90.5 cm³/mol. The molecule has 0 saturated heterocycles. The maximum atomic E-state index is 11.5. The van der Waals surface area contributed by atoms with E-state index in [9.17, 15) is 24.0 Å². The second-order valence-electron chi connectivity index (χ2n) is 5.53. The first-order valence-corrected chi connectivity index (χ1v) is 8.06. The van der Waals surface area contributed by atoms with Crippen molar-refractivity contribution in [2.75, 3.05) is 32.7 Å². The first-order valence-electron chi connectivity index (χ1n) is 8.06. The van der Waals surface area contributed by atoms with Crippen LogP contribution in [0, 0.1) is 0 Å². The van der Waals surface area contributed by atoms with Crippen LogP contribution in [0.5, 0.6) is 0 Å². The Balaban J connectivity index is 3.80. The average Bonchev–Trinajstić information content (AvgIpc) is 2.58. The van der Waals surface area contributed by atoms with Gasteiger partial charge < -0.3 is 26.6 Å². The molecule has 142 valence electrons. The Kier molecular flexibility index (Phi) is 11.6. The Morgan fingerprint density at radius 1 is 0.640 bits per heavy atom. The summed E-state index contributed by atoms with van der Waals surface area (Å²) in [4.78, 5) is 56.8. The van der Waals surface area contributed by atoms with E-state index >= 15 is 0 Å². The third kappa shape index (κ3) is 13.6. The minimum atomic E-state index is -0.557. The van der Waals surface area contributed by atoms with Gasteiger partial charge in [-0.05, 0) is 0 Å². The molecule has 0 rings (SSSR count). The molecule has 0 heterocycles. The topological polar surface area (TPSA) is 146 Å². The van der Waals surface area contributed by atoms with E-state index in [1.165, 1.54) is 0 Å². The first kappa shape index (κ1) is 22.5. The highest BCUT2D eigenvalue weighted by molar-refractivity contribution is 5.91. The van der Waals surface area contributed by atoms with Crippen molar-refractivity contribution in [3.05, 3.63) is 0 Å². The molecule has 10 heteroatoms. The van der Waals surface area contributed by atoms with Crippen LogP contribution >= 0.6 is 0 Å². The van der Waals surface area contributed by atoms with E-state index in [4.69, 9.17) is 0 Å². The van der Waals surface area contributed by atoms with Gasteiger partial charge in [0.25, 0.3) is 0 Å². The van der Waals surface area contributed by atoms with Crippen LogP contribution in [0.4, 0.5) is 0 Å². The maximum Gasteiger partial charge on any atom is 0.239 e. The third-order valence-corrected chi connectivity index (χ3v) is 2.89. The molecular formula is C15H27N5O5. The maximum absolute atomic E-state index is 11.5. The lowest BCUT2D eigenvalue weighted by Crippen LogP contribution is -2.46. The fourth-order valence-corrected chi connectivity index (χ4v) is 1.41. The van der Waals surface area contributed by atoms with Crippen LogP contribution < -0.4 is 26.6 Å². The highest BCUT2D eigenvalue weighted by atomic mass is 16.2. The Morgan fingerprint density at radius 3 is 1.36 bits per heavy atom. The van der Waals surface area contributed by atoms with Gasteiger partial charge in [-0.15, -0.1) is 0 Å². The lowest BCUT2D eigenvalue weighted by atomic mass is 10.3. The zero-order valence-corrected chi connectivity index (χ0v) is 14.9. The van der Waals surface area contributed by atoms with Crippen molar-refractivity contribution < 1.29 is 24.0 Å². The summed E-state index contributed by atoms with van der Waals surface area (Å²) in [6.45, 7) is 4.63. The Labute approximate surface area is 146 Å². The molecule has 0 unspecified atom stereocenters. The predicted octanol–water partition coefficient (Wildman–Crippen LogP) is -2.57. The van der Waals surface area contributed by atoms with Crippen molar-refractivity contribution in [3.8, 4) is 0 Å². The number of nitrogens with one attached hydrogen (secondary N) is 5. The summed E-state index contributed by atoms with van der Waals surface area (Å²) in [7, 11) is 0. The van der Waals surface area contributed by atoms with Gasteiger partial charge >= 0.3 is 0 Å². The highest BCUT2D eigenvalue weighted by Crippen LogP contribution is 1.78. The Bertz CT molecular complexity index is 493. The van der Waals surface area contributed by atoms with E-state index in [-0.39, 0.29) is 50.5 Å². The lowest BCUT2D eigenvalue weighted by Gasteiger charge is -2.09. The van der Waals surface area contributed by atoms with E-state index < -0.39 is 17.7 Å². The van der Waals surface area contributed by atoms with E-state index in [1.807, 2.05) is 13.8 Å². The van der Waals surface area contributed by atoms with Crippen LogP contribution in [-0.4, -0.2) is 68.2 Å². The number of carbonyl (C=O) groups is 5. The largest absolute Gasteiger partial charge is 0.347 e. The van der Waals surface area contributed by atoms with Crippen molar-refractivity contribution in [3.63, 3.8) is 0 Å². The van der Waals surface area contributed by atoms with Gasteiger partial charge in [0, 0.05) is 12.5 Å². The molecule has 0 fully saturated rings. The summed E-state index contributed by atoms with van der Waals surface area (Å²) in [5, 5.41) is 12.3.